The first kappa shape index (κ1) is 6.92. The summed E-state index contributed by atoms with van der Waals surface area (Å²) in [6, 6.07) is 0. The van der Waals surface area contributed by atoms with Crippen LogP contribution in [-0.2, 0) is 9.53 Å². The average molecular weight is 143 g/mol. The summed E-state index contributed by atoms with van der Waals surface area (Å²) >= 11 is 0. The Balaban J connectivity index is 2.70. The minimum absolute atomic E-state index is 0.588. The molecule has 0 aromatic rings. The lowest BCUT2D eigenvalue weighted by Gasteiger charge is -2.19. The van der Waals surface area contributed by atoms with E-state index in [-0.39, 0.29) is 0 Å². The maximum Gasteiger partial charge on any atom is 0.369 e. The Labute approximate surface area is 58.5 Å². The fourth-order valence-electron chi connectivity index (χ4n) is 0.726. The maximum absolute atomic E-state index is 10.4. The normalized spacial score (nSPS) is 30.4. The van der Waals surface area contributed by atoms with Crippen molar-refractivity contribution in [3.63, 3.8) is 0 Å². The lowest BCUT2D eigenvalue weighted by Crippen LogP contribution is -2.45. The zero-order chi connectivity index (χ0) is 7.78. The molecule has 1 atom stereocenters. The van der Waals surface area contributed by atoms with Gasteiger partial charge >= 0.3 is 5.97 Å². The fourth-order valence-corrected chi connectivity index (χ4v) is 0.726. The molecule has 0 spiro atoms. The molecule has 0 saturated carbocycles. The van der Waals surface area contributed by atoms with E-state index < -0.39 is 11.7 Å². The Morgan fingerprint density at radius 2 is 2.50 bits per heavy atom. The SMILES string of the molecule is CC1=CNC(C)(C(=O)O)O1. The fraction of sp³-hybridized carbons (Fsp3) is 0.500. The van der Waals surface area contributed by atoms with Gasteiger partial charge in [-0.05, 0) is 6.92 Å². The Morgan fingerprint density at radius 1 is 1.90 bits per heavy atom. The number of nitrogens with one attached hydrogen (secondary N) is 1. The van der Waals surface area contributed by atoms with Crippen molar-refractivity contribution in [2.45, 2.75) is 19.6 Å². The van der Waals surface area contributed by atoms with Crippen molar-refractivity contribution in [2.75, 3.05) is 0 Å². The van der Waals surface area contributed by atoms with Gasteiger partial charge in [-0.15, -0.1) is 0 Å². The second kappa shape index (κ2) is 1.90. The number of carbonyl (C=O) groups is 1. The van der Waals surface area contributed by atoms with Crippen molar-refractivity contribution in [2.24, 2.45) is 0 Å². The molecule has 0 fully saturated rings. The molecular weight excluding hydrogens is 134 g/mol. The Hall–Kier alpha value is -1.19. The van der Waals surface area contributed by atoms with Gasteiger partial charge in [-0.2, -0.15) is 0 Å². The van der Waals surface area contributed by atoms with Crippen molar-refractivity contribution in [1.82, 2.24) is 5.32 Å². The van der Waals surface area contributed by atoms with E-state index in [1.54, 1.807) is 6.92 Å². The van der Waals surface area contributed by atoms with Crippen molar-refractivity contribution in [3.05, 3.63) is 12.0 Å². The highest BCUT2D eigenvalue weighted by Gasteiger charge is 2.37. The first-order chi connectivity index (χ1) is 4.54. The van der Waals surface area contributed by atoms with Gasteiger partial charge in [0.05, 0.1) is 0 Å². The Bertz CT molecular complexity index is 199. The molecule has 0 aromatic carbocycles. The van der Waals surface area contributed by atoms with Gasteiger partial charge in [0.25, 0.3) is 5.72 Å². The van der Waals surface area contributed by atoms with Crippen LogP contribution in [0.2, 0.25) is 0 Å². The predicted octanol–water partition coefficient (Wildman–Crippen LogP) is 0.268. The van der Waals surface area contributed by atoms with Crippen molar-refractivity contribution in [3.8, 4) is 0 Å². The van der Waals surface area contributed by atoms with Crippen LogP contribution in [0.4, 0.5) is 0 Å². The third-order valence-corrected chi connectivity index (χ3v) is 1.32. The summed E-state index contributed by atoms with van der Waals surface area (Å²) in [5.74, 6) is -0.425. The molecule has 2 N–H and O–H groups in total. The Kier molecular flexibility index (Phi) is 1.31. The molecule has 10 heavy (non-hydrogen) atoms. The Morgan fingerprint density at radius 3 is 2.70 bits per heavy atom. The highest BCUT2D eigenvalue weighted by molar-refractivity contribution is 5.77. The molecular formula is C6H9NO3. The number of carboxylic acid groups (broad SMARTS) is 1. The molecule has 0 radical (unpaired) electrons. The molecule has 0 bridgehead atoms. The number of aliphatic carboxylic acids is 1. The van der Waals surface area contributed by atoms with Gasteiger partial charge in [0.15, 0.2) is 0 Å². The van der Waals surface area contributed by atoms with Crippen LogP contribution in [0.3, 0.4) is 0 Å². The van der Waals surface area contributed by atoms with E-state index in [1.807, 2.05) is 0 Å². The quantitative estimate of drug-likeness (QED) is 0.553. The molecule has 1 heterocycles. The van der Waals surface area contributed by atoms with Gasteiger partial charge in [0, 0.05) is 13.1 Å². The summed E-state index contributed by atoms with van der Waals surface area (Å²) in [6.45, 7) is 3.16. The number of rotatable bonds is 1. The van der Waals surface area contributed by atoms with E-state index in [4.69, 9.17) is 9.84 Å². The molecule has 1 aliphatic rings. The van der Waals surface area contributed by atoms with E-state index in [0.717, 1.165) is 0 Å². The molecule has 0 saturated heterocycles. The third kappa shape index (κ3) is 0.920. The second-order valence-corrected chi connectivity index (χ2v) is 2.34. The van der Waals surface area contributed by atoms with E-state index >= 15 is 0 Å². The van der Waals surface area contributed by atoms with E-state index in [2.05, 4.69) is 5.32 Å². The number of ether oxygens (including phenoxy) is 1. The number of carboxylic acids is 1. The molecule has 1 aliphatic heterocycles. The first-order valence-corrected chi connectivity index (χ1v) is 2.91. The highest BCUT2D eigenvalue weighted by atomic mass is 16.6. The van der Waals surface area contributed by atoms with Crippen LogP contribution in [0.5, 0.6) is 0 Å². The number of hydrogen-bond donors (Lipinski definition) is 2. The summed E-state index contributed by atoms with van der Waals surface area (Å²) in [6.07, 6.45) is 1.54. The van der Waals surface area contributed by atoms with Gasteiger partial charge in [0.2, 0.25) is 0 Å². The monoisotopic (exact) mass is 143 g/mol. The van der Waals surface area contributed by atoms with Gasteiger partial charge in [-0.1, -0.05) is 0 Å². The van der Waals surface area contributed by atoms with Crippen LogP contribution >= 0.6 is 0 Å². The van der Waals surface area contributed by atoms with Crippen LogP contribution in [0.15, 0.2) is 12.0 Å². The van der Waals surface area contributed by atoms with Crippen LogP contribution < -0.4 is 5.32 Å². The largest absolute Gasteiger partial charge is 0.477 e. The molecule has 1 unspecified atom stereocenters. The van der Waals surface area contributed by atoms with Crippen molar-refractivity contribution >= 4 is 5.97 Å². The predicted molar refractivity (Wildman–Crippen MR) is 34.0 cm³/mol. The molecule has 0 aromatic heterocycles. The minimum Gasteiger partial charge on any atom is -0.477 e. The maximum atomic E-state index is 10.4. The average Bonchev–Trinajstić information content (AvgIpc) is 2.13. The third-order valence-electron chi connectivity index (χ3n) is 1.32. The van der Waals surface area contributed by atoms with E-state index in [0.29, 0.717) is 5.76 Å². The molecule has 0 amide bonds. The van der Waals surface area contributed by atoms with Crippen LogP contribution in [0.1, 0.15) is 13.8 Å². The number of allylic oxidation sites excluding steroid dienone is 1. The highest BCUT2D eigenvalue weighted by Crippen LogP contribution is 2.17. The van der Waals surface area contributed by atoms with Gasteiger partial charge in [-0.3, -0.25) is 0 Å². The zero-order valence-electron chi connectivity index (χ0n) is 5.84. The minimum atomic E-state index is -1.26. The lowest BCUT2D eigenvalue weighted by atomic mass is 10.3. The summed E-state index contributed by atoms with van der Waals surface area (Å²) in [5, 5.41) is 11.2. The molecule has 0 aliphatic carbocycles. The summed E-state index contributed by atoms with van der Waals surface area (Å²) in [5.41, 5.74) is -1.26. The van der Waals surface area contributed by atoms with Gasteiger partial charge in [0.1, 0.15) is 5.76 Å². The van der Waals surface area contributed by atoms with Gasteiger partial charge < -0.3 is 15.2 Å². The van der Waals surface area contributed by atoms with E-state index in [9.17, 15) is 4.79 Å². The summed E-state index contributed by atoms with van der Waals surface area (Å²) < 4.78 is 4.96. The van der Waals surface area contributed by atoms with E-state index in [1.165, 1.54) is 13.1 Å². The van der Waals surface area contributed by atoms with Gasteiger partial charge in [-0.25, -0.2) is 4.79 Å². The number of hydrogen-bond acceptors (Lipinski definition) is 3. The topological polar surface area (TPSA) is 58.6 Å². The van der Waals surface area contributed by atoms with Crippen LogP contribution in [-0.4, -0.2) is 16.8 Å². The first-order valence-electron chi connectivity index (χ1n) is 2.91. The summed E-state index contributed by atoms with van der Waals surface area (Å²) in [7, 11) is 0. The second-order valence-electron chi connectivity index (χ2n) is 2.34. The molecule has 4 heteroatoms. The summed E-state index contributed by atoms with van der Waals surface area (Å²) in [4.78, 5) is 10.4. The van der Waals surface area contributed by atoms with Crippen LogP contribution in [0.25, 0.3) is 0 Å². The molecule has 56 valence electrons. The molecule has 1 rings (SSSR count). The zero-order valence-corrected chi connectivity index (χ0v) is 5.84. The standard InChI is InChI=1S/C6H9NO3/c1-4-3-7-6(2,10-4)5(8)9/h3,7H,1-2H3,(H,8,9). The molecule has 4 nitrogen and oxygen atoms in total. The van der Waals surface area contributed by atoms with Crippen molar-refractivity contribution in [1.29, 1.82) is 0 Å². The van der Waals surface area contributed by atoms with Crippen LogP contribution in [0, 0.1) is 0 Å². The smallest absolute Gasteiger partial charge is 0.369 e. The van der Waals surface area contributed by atoms with Crippen molar-refractivity contribution < 1.29 is 14.6 Å². The lowest BCUT2D eigenvalue weighted by molar-refractivity contribution is -0.158.